The van der Waals surface area contributed by atoms with Crippen LogP contribution in [0.4, 0.5) is 5.88 Å². The van der Waals surface area contributed by atoms with Gasteiger partial charge in [-0.15, -0.1) is 0 Å². The molecule has 0 radical (unpaired) electrons. The number of nitrogens with one attached hydrogen (secondary N) is 1. The number of nitro groups is 1. The maximum atomic E-state index is 10.5. The molecule has 0 aliphatic rings. The van der Waals surface area contributed by atoms with Gasteiger partial charge in [0.05, 0.1) is 18.8 Å². The smallest absolute Gasteiger partial charge is 0.400 e. The molecule has 7 heteroatoms. The quantitative estimate of drug-likeness (QED) is 0.346. The van der Waals surface area contributed by atoms with E-state index < -0.39 is 4.92 Å². The van der Waals surface area contributed by atoms with Crippen molar-refractivity contribution in [1.82, 2.24) is 5.32 Å². The fourth-order valence-electron chi connectivity index (χ4n) is 0.961. The summed E-state index contributed by atoms with van der Waals surface area (Å²) >= 11 is 0. The van der Waals surface area contributed by atoms with Crippen LogP contribution in [0.2, 0.25) is 0 Å². The van der Waals surface area contributed by atoms with Crippen LogP contribution in [0.3, 0.4) is 0 Å². The fraction of sp³-hybridized carbons (Fsp3) is 0.333. The van der Waals surface area contributed by atoms with E-state index in [0.29, 0.717) is 18.8 Å². The zero-order valence-corrected chi connectivity index (χ0v) is 8.67. The molecule has 1 rings (SSSR count). The van der Waals surface area contributed by atoms with Crippen molar-refractivity contribution in [2.24, 2.45) is 4.99 Å². The Bertz CT molecular complexity index is 411. The van der Waals surface area contributed by atoms with Crippen molar-refractivity contribution >= 4 is 18.0 Å². The van der Waals surface area contributed by atoms with Crippen molar-refractivity contribution in [1.29, 1.82) is 0 Å². The minimum atomic E-state index is -0.616. The molecule has 0 atom stereocenters. The number of aliphatic imine (C=N–C) groups is 1. The maximum absolute atomic E-state index is 10.5. The summed E-state index contributed by atoms with van der Waals surface area (Å²) < 4.78 is 4.84. The number of hydrogen-bond donors (Lipinski definition) is 1. The largest absolute Gasteiger partial charge is 0.433 e. The minimum Gasteiger partial charge on any atom is -0.400 e. The summed E-state index contributed by atoms with van der Waals surface area (Å²) in [5, 5.41) is 12.8. The maximum Gasteiger partial charge on any atom is 0.433 e. The normalized spacial score (nSPS) is 10.6. The molecule has 1 aromatic heterocycles. The second-order valence-corrected chi connectivity index (χ2v) is 2.95. The van der Waals surface area contributed by atoms with E-state index in [-0.39, 0.29) is 11.8 Å². The molecule has 16 heavy (non-hydrogen) atoms. The number of nitrogens with zero attached hydrogens (tertiary/aromatic N) is 2. The Morgan fingerprint density at radius 2 is 2.44 bits per heavy atom. The first-order chi connectivity index (χ1) is 7.59. The SMILES string of the molecule is CC(=O)NCCN=Cc1ccc([N+](=O)[O-])o1. The number of hydrogen-bond acceptors (Lipinski definition) is 5. The zero-order valence-electron chi connectivity index (χ0n) is 8.67. The molecule has 7 nitrogen and oxygen atoms in total. The van der Waals surface area contributed by atoms with Gasteiger partial charge in [-0.1, -0.05) is 0 Å². The fourth-order valence-corrected chi connectivity index (χ4v) is 0.961. The Labute approximate surface area is 91.3 Å². The van der Waals surface area contributed by atoms with Crippen molar-refractivity contribution in [3.05, 3.63) is 28.0 Å². The van der Waals surface area contributed by atoms with Gasteiger partial charge in [-0.3, -0.25) is 19.9 Å². The van der Waals surface area contributed by atoms with Crippen LogP contribution in [0.25, 0.3) is 0 Å². The van der Waals surface area contributed by atoms with Gasteiger partial charge in [0.25, 0.3) is 0 Å². The Balaban J connectivity index is 2.38. The second kappa shape index (κ2) is 5.64. The molecule has 1 heterocycles. The number of carbonyl (C=O) groups excluding carboxylic acids is 1. The summed E-state index contributed by atoms with van der Waals surface area (Å²) in [6.07, 6.45) is 1.38. The Morgan fingerprint density at radius 3 is 3.00 bits per heavy atom. The first kappa shape index (κ1) is 11.9. The molecule has 0 saturated carbocycles. The van der Waals surface area contributed by atoms with E-state index in [1.165, 1.54) is 25.3 Å². The third-order valence-corrected chi connectivity index (χ3v) is 1.63. The molecule has 0 bridgehead atoms. The minimum absolute atomic E-state index is 0.121. The van der Waals surface area contributed by atoms with Crippen LogP contribution in [0.1, 0.15) is 12.7 Å². The van der Waals surface area contributed by atoms with Gasteiger partial charge in [-0.2, -0.15) is 0 Å². The third-order valence-electron chi connectivity index (χ3n) is 1.63. The summed E-state index contributed by atoms with van der Waals surface area (Å²) in [5.74, 6) is -0.123. The lowest BCUT2D eigenvalue weighted by atomic mass is 10.5. The highest BCUT2D eigenvalue weighted by molar-refractivity contribution is 5.76. The molecule has 1 amide bonds. The number of rotatable bonds is 5. The molecule has 0 spiro atoms. The van der Waals surface area contributed by atoms with Crippen LogP contribution in [0.15, 0.2) is 21.5 Å². The molecule has 0 aliphatic carbocycles. The lowest BCUT2D eigenvalue weighted by Gasteiger charge is -1.95. The van der Waals surface area contributed by atoms with Crippen LogP contribution in [-0.2, 0) is 4.79 Å². The van der Waals surface area contributed by atoms with Gasteiger partial charge in [0.2, 0.25) is 5.91 Å². The first-order valence-corrected chi connectivity index (χ1v) is 4.58. The number of furan rings is 1. The van der Waals surface area contributed by atoms with E-state index in [1.54, 1.807) is 0 Å². The zero-order chi connectivity index (χ0) is 12.0. The highest BCUT2D eigenvalue weighted by Crippen LogP contribution is 2.13. The van der Waals surface area contributed by atoms with Gasteiger partial charge in [0.1, 0.15) is 4.92 Å². The Morgan fingerprint density at radius 1 is 1.69 bits per heavy atom. The summed E-state index contributed by atoms with van der Waals surface area (Å²) in [5.41, 5.74) is 0. The monoisotopic (exact) mass is 225 g/mol. The lowest BCUT2D eigenvalue weighted by Crippen LogP contribution is -2.22. The molecule has 0 fully saturated rings. The van der Waals surface area contributed by atoms with Gasteiger partial charge < -0.3 is 9.73 Å². The van der Waals surface area contributed by atoms with Gasteiger partial charge in [0.15, 0.2) is 5.76 Å². The van der Waals surface area contributed by atoms with Crippen molar-refractivity contribution in [2.45, 2.75) is 6.92 Å². The number of amides is 1. The van der Waals surface area contributed by atoms with Crippen LogP contribution in [-0.4, -0.2) is 30.1 Å². The summed E-state index contributed by atoms with van der Waals surface area (Å²) in [7, 11) is 0. The highest BCUT2D eigenvalue weighted by Gasteiger charge is 2.09. The van der Waals surface area contributed by atoms with E-state index in [2.05, 4.69) is 10.3 Å². The van der Waals surface area contributed by atoms with E-state index in [0.717, 1.165) is 0 Å². The molecule has 0 aromatic carbocycles. The molecule has 1 N–H and O–H groups in total. The third kappa shape index (κ3) is 3.91. The van der Waals surface area contributed by atoms with Gasteiger partial charge in [0, 0.05) is 13.5 Å². The first-order valence-electron chi connectivity index (χ1n) is 4.58. The Kier molecular flexibility index (Phi) is 4.19. The van der Waals surface area contributed by atoms with E-state index >= 15 is 0 Å². The van der Waals surface area contributed by atoms with Crippen molar-refractivity contribution in [3.8, 4) is 0 Å². The van der Waals surface area contributed by atoms with Crippen LogP contribution in [0.5, 0.6) is 0 Å². The van der Waals surface area contributed by atoms with Crippen LogP contribution in [0, 0.1) is 10.1 Å². The van der Waals surface area contributed by atoms with E-state index in [1.807, 2.05) is 0 Å². The Hall–Kier alpha value is -2.18. The van der Waals surface area contributed by atoms with Crippen molar-refractivity contribution < 1.29 is 14.1 Å². The van der Waals surface area contributed by atoms with Gasteiger partial charge >= 0.3 is 5.88 Å². The summed E-state index contributed by atoms with van der Waals surface area (Å²) in [4.78, 5) is 24.1. The van der Waals surface area contributed by atoms with Crippen LogP contribution >= 0.6 is 0 Å². The van der Waals surface area contributed by atoms with Gasteiger partial charge in [-0.05, 0) is 6.07 Å². The number of carbonyl (C=O) groups is 1. The van der Waals surface area contributed by atoms with E-state index in [9.17, 15) is 14.9 Å². The molecule has 0 unspecified atom stereocenters. The van der Waals surface area contributed by atoms with Crippen molar-refractivity contribution in [2.75, 3.05) is 13.1 Å². The predicted molar refractivity (Wildman–Crippen MR) is 56.5 cm³/mol. The standard InChI is InChI=1S/C9H11N3O4/c1-7(13)11-5-4-10-6-8-2-3-9(16-8)12(14)15/h2-3,6H,4-5H2,1H3,(H,11,13). The summed E-state index contributed by atoms with van der Waals surface area (Å²) in [6, 6.07) is 2.72. The van der Waals surface area contributed by atoms with Gasteiger partial charge in [-0.25, -0.2) is 0 Å². The van der Waals surface area contributed by atoms with Crippen molar-refractivity contribution in [3.63, 3.8) is 0 Å². The average molecular weight is 225 g/mol. The summed E-state index contributed by atoms with van der Waals surface area (Å²) in [6.45, 7) is 2.24. The average Bonchev–Trinajstić information content (AvgIpc) is 2.65. The molecule has 0 aliphatic heterocycles. The topological polar surface area (TPSA) is 97.7 Å². The van der Waals surface area contributed by atoms with E-state index in [4.69, 9.17) is 4.42 Å². The highest BCUT2D eigenvalue weighted by atomic mass is 16.6. The second-order valence-electron chi connectivity index (χ2n) is 2.95. The van der Waals surface area contributed by atoms with Crippen LogP contribution < -0.4 is 5.32 Å². The molecule has 86 valence electrons. The predicted octanol–water partition coefficient (Wildman–Crippen LogP) is 0.743. The molecular weight excluding hydrogens is 214 g/mol. The molecular formula is C9H11N3O4. The lowest BCUT2D eigenvalue weighted by molar-refractivity contribution is -0.402. The molecule has 1 aromatic rings. The molecule has 0 saturated heterocycles.